The second-order valence-electron chi connectivity index (χ2n) is 7.21. The van der Waals surface area contributed by atoms with Gasteiger partial charge in [0.05, 0.1) is 11.8 Å². The van der Waals surface area contributed by atoms with Crippen molar-refractivity contribution in [1.82, 2.24) is 0 Å². The minimum Gasteiger partial charge on any atom is -0.489 e. The quantitative estimate of drug-likeness (QED) is 0.850. The maximum absolute atomic E-state index is 12.3. The molecule has 1 heterocycles. The molecule has 0 saturated carbocycles. The van der Waals surface area contributed by atoms with E-state index in [2.05, 4.69) is 5.32 Å². The third-order valence-corrected chi connectivity index (χ3v) is 4.47. The number of nitrogens with one attached hydrogen (secondary N) is 1. The van der Waals surface area contributed by atoms with Crippen LogP contribution in [0.4, 0.5) is 5.69 Å². The Hall–Kier alpha value is -2.30. The Morgan fingerprint density at radius 1 is 1.12 bits per heavy atom. The third kappa shape index (κ3) is 3.55. The molecule has 0 bridgehead atoms. The molecule has 134 valence electrons. The van der Waals surface area contributed by atoms with Crippen molar-refractivity contribution in [3.8, 4) is 5.75 Å². The minimum absolute atomic E-state index is 0.0588. The van der Waals surface area contributed by atoms with Gasteiger partial charge in [-0.05, 0) is 51.2 Å². The van der Waals surface area contributed by atoms with E-state index in [-0.39, 0.29) is 23.6 Å². The second-order valence-corrected chi connectivity index (χ2v) is 7.21. The summed E-state index contributed by atoms with van der Waals surface area (Å²) in [5.41, 5.74) is 2.72. The van der Waals surface area contributed by atoms with Crippen LogP contribution < -0.4 is 15.7 Å². The van der Waals surface area contributed by atoms with E-state index in [4.69, 9.17) is 9.15 Å². The molecule has 5 nitrogen and oxygen atoms in total. The van der Waals surface area contributed by atoms with Gasteiger partial charge < -0.3 is 14.5 Å². The Bertz CT molecular complexity index is 864. The van der Waals surface area contributed by atoms with Crippen molar-refractivity contribution in [2.75, 3.05) is 5.32 Å². The molecule has 1 aliphatic rings. The Labute approximate surface area is 147 Å². The SMILES string of the molecule is CC(C)Oc1cc2oc(=O)c3c(c2cc1NC(=O)C(C)C)CCCC3. The van der Waals surface area contributed by atoms with E-state index in [1.54, 1.807) is 6.07 Å². The highest BCUT2D eigenvalue weighted by Gasteiger charge is 2.21. The molecule has 1 N–H and O–H groups in total. The average Bonchev–Trinajstić information content (AvgIpc) is 2.55. The van der Waals surface area contributed by atoms with E-state index in [9.17, 15) is 9.59 Å². The maximum Gasteiger partial charge on any atom is 0.339 e. The first-order valence-electron chi connectivity index (χ1n) is 8.97. The van der Waals surface area contributed by atoms with Crippen LogP contribution in [0, 0.1) is 5.92 Å². The Morgan fingerprint density at radius 2 is 1.80 bits per heavy atom. The van der Waals surface area contributed by atoms with Crippen LogP contribution in [0.15, 0.2) is 21.3 Å². The van der Waals surface area contributed by atoms with E-state index in [0.29, 0.717) is 17.0 Å². The highest BCUT2D eigenvalue weighted by molar-refractivity contribution is 5.97. The molecule has 0 spiro atoms. The topological polar surface area (TPSA) is 68.5 Å². The monoisotopic (exact) mass is 343 g/mol. The molecule has 1 aliphatic carbocycles. The van der Waals surface area contributed by atoms with Crippen LogP contribution in [0.1, 0.15) is 51.7 Å². The van der Waals surface area contributed by atoms with Crippen molar-refractivity contribution in [3.63, 3.8) is 0 Å². The summed E-state index contributed by atoms with van der Waals surface area (Å²) in [4.78, 5) is 24.5. The van der Waals surface area contributed by atoms with E-state index in [1.165, 1.54) is 0 Å². The lowest BCUT2D eigenvalue weighted by Crippen LogP contribution is -2.20. The van der Waals surface area contributed by atoms with Gasteiger partial charge in [-0.3, -0.25) is 4.79 Å². The van der Waals surface area contributed by atoms with Gasteiger partial charge in [-0.15, -0.1) is 0 Å². The summed E-state index contributed by atoms with van der Waals surface area (Å²) in [5, 5.41) is 3.84. The summed E-state index contributed by atoms with van der Waals surface area (Å²) in [6, 6.07) is 3.61. The van der Waals surface area contributed by atoms with Crippen LogP contribution in [0.25, 0.3) is 11.0 Å². The lowest BCUT2D eigenvalue weighted by atomic mass is 9.90. The predicted octanol–water partition coefficient (Wildman–Crippen LogP) is 4.05. The fourth-order valence-corrected chi connectivity index (χ4v) is 3.20. The van der Waals surface area contributed by atoms with Crippen LogP contribution in [0.2, 0.25) is 0 Å². The number of rotatable bonds is 4. The fourth-order valence-electron chi connectivity index (χ4n) is 3.20. The number of carbonyl (C=O) groups is 1. The molecule has 0 fully saturated rings. The smallest absolute Gasteiger partial charge is 0.339 e. The van der Waals surface area contributed by atoms with Crippen molar-refractivity contribution in [2.24, 2.45) is 5.92 Å². The Balaban J connectivity index is 2.19. The van der Waals surface area contributed by atoms with Crippen LogP contribution in [0.5, 0.6) is 5.75 Å². The summed E-state index contributed by atoms with van der Waals surface area (Å²) in [7, 11) is 0. The molecule has 0 atom stereocenters. The first-order valence-corrected chi connectivity index (χ1v) is 8.97. The molecular formula is C20H25NO4. The largest absolute Gasteiger partial charge is 0.489 e. The van der Waals surface area contributed by atoms with Crippen molar-refractivity contribution < 1.29 is 13.9 Å². The summed E-state index contributed by atoms with van der Waals surface area (Å²) in [5.74, 6) is 0.319. The van der Waals surface area contributed by atoms with Gasteiger partial charge in [-0.25, -0.2) is 4.79 Å². The summed E-state index contributed by atoms with van der Waals surface area (Å²) in [6.07, 6.45) is 3.62. The average molecular weight is 343 g/mol. The lowest BCUT2D eigenvalue weighted by molar-refractivity contribution is -0.118. The third-order valence-electron chi connectivity index (χ3n) is 4.47. The van der Waals surface area contributed by atoms with E-state index < -0.39 is 0 Å². The molecule has 1 aromatic carbocycles. The van der Waals surface area contributed by atoms with Crippen LogP contribution >= 0.6 is 0 Å². The van der Waals surface area contributed by atoms with Crippen LogP contribution in [0.3, 0.4) is 0 Å². The number of aryl methyl sites for hydroxylation is 1. The Kier molecular flexibility index (Phi) is 4.84. The number of benzene rings is 1. The molecule has 3 rings (SSSR count). The molecule has 5 heteroatoms. The van der Waals surface area contributed by atoms with Crippen molar-refractivity contribution >= 4 is 22.6 Å². The van der Waals surface area contributed by atoms with Gasteiger partial charge in [0.25, 0.3) is 0 Å². The van der Waals surface area contributed by atoms with Gasteiger partial charge in [0.15, 0.2) is 0 Å². The van der Waals surface area contributed by atoms with E-state index in [1.807, 2.05) is 33.8 Å². The summed E-state index contributed by atoms with van der Waals surface area (Å²) in [6.45, 7) is 7.53. The molecular weight excluding hydrogens is 318 g/mol. The van der Waals surface area contributed by atoms with E-state index >= 15 is 0 Å². The van der Waals surface area contributed by atoms with Crippen LogP contribution in [-0.4, -0.2) is 12.0 Å². The molecule has 0 saturated heterocycles. The van der Waals surface area contributed by atoms with Crippen molar-refractivity contribution in [3.05, 3.63) is 33.7 Å². The molecule has 0 radical (unpaired) electrons. The number of ether oxygens (including phenoxy) is 1. The van der Waals surface area contributed by atoms with Gasteiger partial charge in [0.1, 0.15) is 11.3 Å². The van der Waals surface area contributed by atoms with Gasteiger partial charge in [0, 0.05) is 22.9 Å². The highest BCUT2D eigenvalue weighted by Crippen LogP contribution is 2.35. The minimum atomic E-state index is -0.253. The maximum atomic E-state index is 12.3. The molecule has 25 heavy (non-hydrogen) atoms. The number of carbonyl (C=O) groups excluding carboxylic acids is 1. The molecule has 1 amide bonds. The molecule has 2 aromatic rings. The zero-order chi connectivity index (χ0) is 18.1. The first kappa shape index (κ1) is 17.5. The number of amides is 1. The molecule has 1 aromatic heterocycles. The number of hydrogen-bond donors (Lipinski definition) is 1. The number of fused-ring (bicyclic) bond motifs is 3. The normalized spacial score (nSPS) is 14.0. The van der Waals surface area contributed by atoms with Gasteiger partial charge in [0.2, 0.25) is 5.91 Å². The standard InChI is InChI=1S/C20H25NO4/c1-11(2)19(22)21-16-9-15-13-7-5-6-8-14(13)20(23)25-17(15)10-18(16)24-12(3)4/h9-12H,5-8H2,1-4H3,(H,21,22). The van der Waals surface area contributed by atoms with Gasteiger partial charge in [-0.2, -0.15) is 0 Å². The zero-order valence-electron chi connectivity index (χ0n) is 15.3. The molecule has 0 unspecified atom stereocenters. The van der Waals surface area contributed by atoms with Gasteiger partial charge in [-0.1, -0.05) is 13.8 Å². The highest BCUT2D eigenvalue weighted by atomic mass is 16.5. The van der Waals surface area contributed by atoms with E-state index in [0.717, 1.165) is 42.2 Å². The molecule has 0 aliphatic heterocycles. The van der Waals surface area contributed by atoms with Crippen molar-refractivity contribution in [1.29, 1.82) is 0 Å². The predicted molar refractivity (Wildman–Crippen MR) is 98.4 cm³/mol. The van der Waals surface area contributed by atoms with Crippen molar-refractivity contribution in [2.45, 2.75) is 59.5 Å². The number of anilines is 1. The lowest BCUT2D eigenvalue weighted by Gasteiger charge is -2.20. The second kappa shape index (κ2) is 6.90. The van der Waals surface area contributed by atoms with Crippen LogP contribution in [-0.2, 0) is 17.6 Å². The Morgan fingerprint density at radius 3 is 2.44 bits per heavy atom. The van der Waals surface area contributed by atoms with Gasteiger partial charge >= 0.3 is 5.63 Å². The zero-order valence-corrected chi connectivity index (χ0v) is 15.3. The summed E-state index contributed by atoms with van der Waals surface area (Å²) < 4.78 is 11.4. The fraction of sp³-hybridized carbons (Fsp3) is 0.500. The number of hydrogen-bond acceptors (Lipinski definition) is 4. The first-order chi connectivity index (χ1) is 11.9. The summed E-state index contributed by atoms with van der Waals surface area (Å²) >= 11 is 0.